The minimum absolute atomic E-state index is 0.652. The fourth-order valence-electron chi connectivity index (χ4n) is 2.66. The summed E-state index contributed by atoms with van der Waals surface area (Å²) < 4.78 is 0. The van der Waals surface area contributed by atoms with Gasteiger partial charge in [-0.05, 0) is 6.07 Å². The van der Waals surface area contributed by atoms with Crippen molar-refractivity contribution in [3.8, 4) is 11.4 Å². The topological polar surface area (TPSA) is 67.9 Å². The van der Waals surface area contributed by atoms with Gasteiger partial charge in [0.25, 0.3) is 0 Å². The van der Waals surface area contributed by atoms with Gasteiger partial charge in [-0.25, -0.2) is 15.0 Å². The molecule has 3 heterocycles. The molecular weight excluding hydrogens is 294 g/mol. The van der Waals surface area contributed by atoms with E-state index >= 15 is 0 Å². The third-order valence-corrected chi connectivity index (χ3v) is 4.66. The van der Waals surface area contributed by atoms with Gasteiger partial charge in [0.2, 0.25) is 0 Å². The number of fused-ring (bicyclic) bond motifs is 1. The lowest BCUT2D eigenvalue weighted by atomic mass is 10.2. The summed E-state index contributed by atoms with van der Waals surface area (Å²) in [6.45, 7) is 1.72. The second-order valence-electron chi connectivity index (χ2n) is 5.20. The Morgan fingerprint density at radius 1 is 1.09 bits per heavy atom. The van der Waals surface area contributed by atoms with E-state index in [0.717, 1.165) is 42.4 Å². The van der Waals surface area contributed by atoms with Crippen molar-refractivity contribution in [3.63, 3.8) is 0 Å². The molecule has 3 aromatic rings. The molecule has 0 unspecified atom stereocenters. The van der Waals surface area contributed by atoms with Crippen LogP contribution in [0.4, 0.5) is 10.9 Å². The minimum atomic E-state index is 0.652. The van der Waals surface area contributed by atoms with Crippen LogP contribution in [0.25, 0.3) is 11.4 Å². The van der Waals surface area contributed by atoms with Crippen LogP contribution in [0.1, 0.15) is 10.6 Å². The highest BCUT2D eigenvalue weighted by Gasteiger charge is 2.21. The summed E-state index contributed by atoms with van der Waals surface area (Å²) in [5.74, 6) is 1.71. The molecule has 1 aliphatic rings. The van der Waals surface area contributed by atoms with Crippen LogP contribution in [0, 0.1) is 0 Å². The van der Waals surface area contributed by atoms with E-state index < -0.39 is 0 Å². The number of hydrogen-bond donors (Lipinski definition) is 1. The van der Waals surface area contributed by atoms with Crippen molar-refractivity contribution in [2.75, 3.05) is 17.2 Å². The summed E-state index contributed by atoms with van der Waals surface area (Å²) in [6, 6.07) is 12.0. The molecular formula is C16H15N5S. The molecule has 0 fully saturated rings. The molecule has 0 saturated carbocycles. The number of nitrogens with two attached hydrogens (primary N) is 1. The van der Waals surface area contributed by atoms with Crippen LogP contribution in [0.3, 0.4) is 0 Å². The number of hydrogen-bond acceptors (Lipinski definition) is 6. The van der Waals surface area contributed by atoms with E-state index in [2.05, 4.69) is 14.9 Å². The lowest BCUT2D eigenvalue weighted by molar-refractivity contribution is 0.718. The summed E-state index contributed by atoms with van der Waals surface area (Å²) in [4.78, 5) is 17.0. The Labute approximate surface area is 132 Å². The molecule has 110 valence electrons. The SMILES string of the molecule is Nc1nc2c(s1)CN(c1ccnc(-c3ccccc3)n1)CC2. The Morgan fingerprint density at radius 2 is 1.95 bits per heavy atom. The molecule has 22 heavy (non-hydrogen) atoms. The third kappa shape index (κ3) is 2.42. The summed E-state index contributed by atoms with van der Waals surface area (Å²) in [5.41, 5.74) is 7.97. The van der Waals surface area contributed by atoms with Crippen LogP contribution < -0.4 is 10.6 Å². The first kappa shape index (κ1) is 13.2. The van der Waals surface area contributed by atoms with Crippen molar-refractivity contribution in [1.29, 1.82) is 0 Å². The van der Waals surface area contributed by atoms with Gasteiger partial charge in [0.15, 0.2) is 11.0 Å². The number of nitrogen functional groups attached to an aromatic ring is 1. The monoisotopic (exact) mass is 309 g/mol. The van der Waals surface area contributed by atoms with Crippen LogP contribution in [0.5, 0.6) is 0 Å². The fourth-order valence-corrected chi connectivity index (χ4v) is 3.56. The fraction of sp³-hybridized carbons (Fsp3) is 0.188. The molecule has 4 rings (SSSR count). The predicted octanol–water partition coefficient (Wildman–Crippen LogP) is 2.75. The molecule has 0 bridgehead atoms. The maximum absolute atomic E-state index is 5.81. The van der Waals surface area contributed by atoms with Gasteiger partial charge in [-0.3, -0.25) is 0 Å². The highest BCUT2D eigenvalue weighted by Crippen LogP contribution is 2.29. The Morgan fingerprint density at radius 3 is 2.82 bits per heavy atom. The molecule has 0 spiro atoms. The van der Waals surface area contributed by atoms with Gasteiger partial charge in [0.05, 0.1) is 12.2 Å². The van der Waals surface area contributed by atoms with Crippen molar-refractivity contribution in [3.05, 3.63) is 53.2 Å². The third-order valence-electron chi connectivity index (χ3n) is 3.74. The molecule has 0 atom stereocenters. The van der Waals surface area contributed by atoms with Crippen LogP contribution in [0.2, 0.25) is 0 Å². The van der Waals surface area contributed by atoms with Crippen LogP contribution in [0.15, 0.2) is 42.6 Å². The van der Waals surface area contributed by atoms with E-state index in [1.54, 1.807) is 11.3 Å². The molecule has 0 saturated heterocycles. The maximum Gasteiger partial charge on any atom is 0.180 e. The Hall–Kier alpha value is -2.47. The molecule has 2 aromatic heterocycles. The summed E-state index contributed by atoms with van der Waals surface area (Å²) in [7, 11) is 0. The maximum atomic E-state index is 5.81. The number of thiazole rings is 1. The summed E-state index contributed by atoms with van der Waals surface area (Å²) in [5, 5.41) is 0.652. The average molecular weight is 309 g/mol. The Balaban J connectivity index is 1.64. The lowest BCUT2D eigenvalue weighted by Gasteiger charge is -2.27. The first-order valence-corrected chi connectivity index (χ1v) is 7.99. The van der Waals surface area contributed by atoms with E-state index in [4.69, 9.17) is 10.7 Å². The van der Waals surface area contributed by atoms with E-state index in [0.29, 0.717) is 5.13 Å². The van der Waals surface area contributed by atoms with Crippen LogP contribution >= 0.6 is 11.3 Å². The number of anilines is 2. The minimum Gasteiger partial charge on any atom is -0.375 e. The first-order valence-electron chi connectivity index (χ1n) is 7.17. The quantitative estimate of drug-likeness (QED) is 0.788. The largest absolute Gasteiger partial charge is 0.375 e. The molecule has 0 radical (unpaired) electrons. The number of aromatic nitrogens is 3. The van der Waals surface area contributed by atoms with Crippen LogP contribution in [-0.4, -0.2) is 21.5 Å². The van der Waals surface area contributed by atoms with Crippen LogP contribution in [-0.2, 0) is 13.0 Å². The first-order chi connectivity index (χ1) is 10.8. The molecule has 0 amide bonds. The van der Waals surface area contributed by atoms with Gasteiger partial charge >= 0.3 is 0 Å². The molecule has 1 aromatic carbocycles. The predicted molar refractivity (Wildman–Crippen MR) is 88.7 cm³/mol. The number of nitrogens with zero attached hydrogens (tertiary/aromatic N) is 4. The lowest BCUT2D eigenvalue weighted by Crippen LogP contribution is -2.30. The van der Waals surface area contributed by atoms with Crippen molar-refractivity contribution in [2.24, 2.45) is 0 Å². The number of rotatable bonds is 2. The zero-order valence-corrected chi connectivity index (χ0v) is 12.8. The van der Waals surface area contributed by atoms with Crippen molar-refractivity contribution < 1.29 is 0 Å². The highest BCUT2D eigenvalue weighted by atomic mass is 32.1. The van der Waals surface area contributed by atoms with Gasteiger partial charge in [0, 0.05) is 29.6 Å². The van der Waals surface area contributed by atoms with Crippen molar-refractivity contribution >= 4 is 22.3 Å². The van der Waals surface area contributed by atoms with Gasteiger partial charge < -0.3 is 10.6 Å². The second-order valence-corrected chi connectivity index (χ2v) is 6.31. The van der Waals surface area contributed by atoms with Crippen molar-refractivity contribution in [1.82, 2.24) is 15.0 Å². The van der Waals surface area contributed by atoms with E-state index in [9.17, 15) is 0 Å². The molecule has 5 nitrogen and oxygen atoms in total. The van der Waals surface area contributed by atoms with Gasteiger partial charge in [-0.15, -0.1) is 11.3 Å². The van der Waals surface area contributed by atoms with Gasteiger partial charge in [-0.2, -0.15) is 0 Å². The Bertz CT molecular complexity index is 799. The average Bonchev–Trinajstić information content (AvgIpc) is 2.95. The highest BCUT2D eigenvalue weighted by molar-refractivity contribution is 7.15. The normalized spacial score (nSPS) is 13.9. The zero-order valence-electron chi connectivity index (χ0n) is 11.9. The number of benzene rings is 1. The Kier molecular flexibility index (Phi) is 3.23. The summed E-state index contributed by atoms with van der Waals surface area (Å²) in [6.07, 6.45) is 2.73. The van der Waals surface area contributed by atoms with E-state index in [1.807, 2.05) is 42.6 Å². The molecule has 2 N–H and O–H groups in total. The van der Waals surface area contributed by atoms with Gasteiger partial charge in [0.1, 0.15) is 5.82 Å². The smallest absolute Gasteiger partial charge is 0.180 e. The van der Waals surface area contributed by atoms with Crippen molar-refractivity contribution in [2.45, 2.75) is 13.0 Å². The molecule has 0 aliphatic carbocycles. The zero-order chi connectivity index (χ0) is 14.9. The van der Waals surface area contributed by atoms with Gasteiger partial charge in [-0.1, -0.05) is 30.3 Å². The standard InChI is InChI=1S/C16H15N5S/c17-16-19-12-7-9-21(10-13(12)22-16)14-6-8-18-15(20-14)11-4-2-1-3-5-11/h1-6,8H,7,9-10H2,(H2,17,19). The molecule has 6 heteroatoms. The van der Waals surface area contributed by atoms with E-state index in [-0.39, 0.29) is 0 Å². The second kappa shape index (κ2) is 5.38. The van der Waals surface area contributed by atoms with E-state index in [1.165, 1.54) is 4.88 Å². The summed E-state index contributed by atoms with van der Waals surface area (Å²) >= 11 is 1.57. The molecule has 1 aliphatic heterocycles.